The molecule has 0 aliphatic rings. The van der Waals surface area contributed by atoms with Crippen LogP contribution in [0.5, 0.6) is 0 Å². The maximum absolute atomic E-state index is 9.34. The summed E-state index contributed by atoms with van der Waals surface area (Å²) >= 11 is 0. The topological polar surface area (TPSA) is 46.5 Å². The summed E-state index contributed by atoms with van der Waals surface area (Å²) in [5.41, 5.74) is 10.6. The molecule has 44 heavy (non-hydrogen) atoms. The van der Waals surface area contributed by atoms with Gasteiger partial charge >= 0.3 is 0 Å². The van der Waals surface area contributed by atoms with E-state index < -0.39 is 0 Å². The van der Waals surface area contributed by atoms with Gasteiger partial charge in [0, 0.05) is 27.7 Å². The van der Waals surface area contributed by atoms with Gasteiger partial charge in [-0.25, -0.2) is 4.98 Å². The molecule has 0 fully saturated rings. The summed E-state index contributed by atoms with van der Waals surface area (Å²) < 4.78 is 4.56. The molecule has 0 atom stereocenters. The minimum Gasteiger partial charge on any atom is -0.309 e. The van der Waals surface area contributed by atoms with Gasteiger partial charge in [-0.05, 0) is 82.6 Å². The average molecular weight is 561 g/mol. The van der Waals surface area contributed by atoms with Crippen molar-refractivity contribution in [2.45, 2.75) is 0 Å². The highest BCUT2D eigenvalue weighted by atomic mass is 15.1. The Balaban J connectivity index is 1.22. The molecule has 9 aromatic rings. The largest absolute Gasteiger partial charge is 0.309 e. The number of para-hydroxylation sites is 2. The van der Waals surface area contributed by atoms with Crippen molar-refractivity contribution in [3.63, 3.8) is 0 Å². The fraction of sp³-hybridized carbons (Fsp3) is 0. The van der Waals surface area contributed by atoms with Gasteiger partial charge in [-0.3, -0.25) is 4.57 Å². The zero-order valence-electron chi connectivity index (χ0n) is 23.6. The predicted octanol–water partition coefficient (Wildman–Crippen LogP) is 9.92. The Labute approximate surface area is 253 Å². The molecule has 0 unspecified atom stereocenters. The average Bonchev–Trinajstić information content (AvgIpc) is 3.65. The molecule has 2 aromatic heterocycles. The van der Waals surface area contributed by atoms with Crippen molar-refractivity contribution < 1.29 is 0 Å². The first-order valence-electron chi connectivity index (χ1n) is 14.7. The summed E-state index contributed by atoms with van der Waals surface area (Å²) in [6.45, 7) is 0. The van der Waals surface area contributed by atoms with Crippen molar-refractivity contribution in [2.75, 3.05) is 0 Å². The van der Waals surface area contributed by atoms with E-state index in [1.165, 1.54) is 38.2 Å². The van der Waals surface area contributed by atoms with E-state index in [4.69, 9.17) is 4.98 Å². The van der Waals surface area contributed by atoms with Crippen LogP contribution in [0.15, 0.2) is 146 Å². The van der Waals surface area contributed by atoms with Gasteiger partial charge in [-0.2, -0.15) is 5.26 Å². The van der Waals surface area contributed by atoms with Gasteiger partial charge in [0.05, 0.1) is 33.7 Å². The van der Waals surface area contributed by atoms with Gasteiger partial charge in [-0.15, -0.1) is 0 Å². The normalized spacial score (nSPS) is 11.6. The smallest absolute Gasteiger partial charge is 0.145 e. The summed E-state index contributed by atoms with van der Waals surface area (Å²) in [6.07, 6.45) is 0. The van der Waals surface area contributed by atoms with Gasteiger partial charge in [0.1, 0.15) is 5.82 Å². The van der Waals surface area contributed by atoms with Crippen LogP contribution in [0.3, 0.4) is 0 Å². The molecule has 0 spiro atoms. The third-order valence-electron chi connectivity index (χ3n) is 8.74. The minimum absolute atomic E-state index is 0.659. The third-order valence-corrected chi connectivity index (χ3v) is 8.74. The molecule has 0 saturated heterocycles. The number of fused-ring (bicyclic) bond motifs is 1. The van der Waals surface area contributed by atoms with Crippen LogP contribution in [-0.2, 0) is 0 Å². The molecule has 0 bridgehead atoms. The van der Waals surface area contributed by atoms with E-state index in [1.807, 2.05) is 36.4 Å². The lowest BCUT2D eigenvalue weighted by Gasteiger charge is -2.13. The highest BCUT2D eigenvalue weighted by Crippen LogP contribution is 2.42. The van der Waals surface area contributed by atoms with Crippen molar-refractivity contribution in [1.82, 2.24) is 14.1 Å². The number of rotatable bonds is 4. The quantitative estimate of drug-likeness (QED) is 0.201. The third kappa shape index (κ3) is 3.54. The Morgan fingerprint density at radius 3 is 2.02 bits per heavy atom. The lowest BCUT2D eigenvalue weighted by atomic mass is 9.94. The van der Waals surface area contributed by atoms with Crippen LogP contribution >= 0.6 is 0 Å². The summed E-state index contributed by atoms with van der Waals surface area (Å²) in [6, 6.07) is 53.1. The van der Waals surface area contributed by atoms with Crippen LogP contribution < -0.4 is 0 Å². The van der Waals surface area contributed by atoms with Crippen molar-refractivity contribution in [2.24, 2.45) is 0 Å². The minimum atomic E-state index is 0.659. The lowest BCUT2D eigenvalue weighted by molar-refractivity contribution is 1.10. The number of benzene rings is 7. The summed E-state index contributed by atoms with van der Waals surface area (Å²) in [7, 11) is 0. The molecule has 9 rings (SSSR count). The van der Waals surface area contributed by atoms with E-state index in [9.17, 15) is 5.26 Å². The number of hydrogen-bond donors (Lipinski definition) is 0. The fourth-order valence-corrected chi connectivity index (χ4v) is 6.76. The molecule has 7 aromatic carbocycles. The second-order valence-electron chi connectivity index (χ2n) is 11.2. The Morgan fingerprint density at radius 2 is 1.20 bits per heavy atom. The molecule has 2 heterocycles. The highest BCUT2D eigenvalue weighted by Gasteiger charge is 2.19. The Bertz CT molecular complexity index is 2530. The van der Waals surface area contributed by atoms with E-state index in [1.54, 1.807) is 0 Å². The lowest BCUT2D eigenvalue weighted by Crippen LogP contribution is -1.97. The highest BCUT2D eigenvalue weighted by molar-refractivity contribution is 6.26. The van der Waals surface area contributed by atoms with Gasteiger partial charge in [0.25, 0.3) is 0 Å². The number of hydrogen-bond acceptors (Lipinski definition) is 2. The zero-order chi connectivity index (χ0) is 29.2. The maximum Gasteiger partial charge on any atom is 0.145 e. The van der Waals surface area contributed by atoms with Gasteiger partial charge in [0.15, 0.2) is 0 Å². The van der Waals surface area contributed by atoms with Gasteiger partial charge in [0.2, 0.25) is 0 Å². The van der Waals surface area contributed by atoms with Crippen molar-refractivity contribution >= 4 is 43.6 Å². The van der Waals surface area contributed by atoms with Crippen molar-refractivity contribution in [3.05, 3.63) is 151 Å². The van der Waals surface area contributed by atoms with Crippen molar-refractivity contribution in [1.29, 1.82) is 5.26 Å². The molecule has 204 valence electrons. The monoisotopic (exact) mass is 560 g/mol. The standard InChI is InChI=1S/C40H24N4/c41-25-26-13-18-30(19-14-26)43-36-12-6-9-28-17-22-33-32(23-24-37(43)39(33)38(28)36)27-15-20-31(21-16-27)44-35-11-5-4-10-34(35)42-40(44)29-7-2-1-3-8-29/h1-24H. The number of aromatic nitrogens is 3. The molecule has 0 aliphatic carbocycles. The number of nitriles is 1. The SMILES string of the molecule is N#Cc1ccc(-n2c3cccc4ccc5c(-c6ccc(-n7c(-c8ccccc8)nc8ccccc87)cc6)ccc2c5c43)cc1. The summed E-state index contributed by atoms with van der Waals surface area (Å²) in [5, 5.41) is 14.3. The van der Waals surface area contributed by atoms with Crippen molar-refractivity contribution in [3.8, 4) is 40.0 Å². The Hall–Kier alpha value is -6.18. The molecule has 0 N–H and O–H groups in total. The Kier molecular flexibility index (Phi) is 5.23. The van der Waals surface area contributed by atoms with Crippen LogP contribution in [0.4, 0.5) is 0 Å². The molecular formula is C40H24N4. The van der Waals surface area contributed by atoms with E-state index in [0.717, 1.165) is 39.3 Å². The van der Waals surface area contributed by atoms with Crippen LogP contribution in [0.2, 0.25) is 0 Å². The second kappa shape index (κ2) is 9.42. The van der Waals surface area contributed by atoms with E-state index in [0.29, 0.717) is 5.56 Å². The fourth-order valence-electron chi connectivity index (χ4n) is 6.76. The summed E-state index contributed by atoms with van der Waals surface area (Å²) in [5.74, 6) is 0.933. The maximum atomic E-state index is 9.34. The molecule has 0 radical (unpaired) electrons. The van der Waals surface area contributed by atoms with Crippen LogP contribution in [0, 0.1) is 11.3 Å². The molecule has 0 aliphatic heterocycles. The molecule has 4 nitrogen and oxygen atoms in total. The van der Waals surface area contributed by atoms with E-state index >= 15 is 0 Å². The van der Waals surface area contributed by atoms with Crippen LogP contribution in [0.25, 0.3) is 77.5 Å². The first-order valence-corrected chi connectivity index (χ1v) is 14.7. The number of imidazole rings is 1. The summed E-state index contributed by atoms with van der Waals surface area (Å²) in [4.78, 5) is 5.01. The van der Waals surface area contributed by atoms with Crippen LogP contribution in [0.1, 0.15) is 5.56 Å². The van der Waals surface area contributed by atoms with E-state index in [2.05, 4.69) is 124 Å². The van der Waals surface area contributed by atoms with E-state index in [-0.39, 0.29) is 0 Å². The van der Waals surface area contributed by atoms with Gasteiger partial charge in [-0.1, -0.05) is 84.9 Å². The molecular weight excluding hydrogens is 536 g/mol. The zero-order valence-corrected chi connectivity index (χ0v) is 23.6. The molecule has 0 amide bonds. The predicted molar refractivity (Wildman–Crippen MR) is 180 cm³/mol. The first kappa shape index (κ1) is 24.4. The van der Waals surface area contributed by atoms with Gasteiger partial charge < -0.3 is 4.57 Å². The van der Waals surface area contributed by atoms with Crippen LogP contribution in [-0.4, -0.2) is 14.1 Å². The Morgan fingerprint density at radius 1 is 0.500 bits per heavy atom. The molecule has 4 heteroatoms. The molecule has 0 saturated carbocycles. The second-order valence-corrected chi connectivity index (χ2v) is 11.2. The first-order chi connectivity index (χ1) is 21.8. The number of nitrogens with zero attached hydrogens (tertiary/aromatic N) is 4.